The van der Waals surface area contributed by atoms with Gasteiger partial charge < -0.3 is 5.32 Å². The zero-order valence-electron chi connectivity index (χ0n) is 17.1. The van der Waals surface area contributed by atoms with E-state index in [1.165, 1.54) is 4.68 Å². The third-order valence-corrected chi connectivity index (χ3v) is 6.88. The maximum Gasteiger partial charge on any atom is 0.296 e. The summed E-state index contributed by atoms with van der Waals surface area (Å²) in [5.41, 5.74) is -0.251. The number of carbonyl (C=O) groups excluding carboxylic acids is 1. The molecule has 0 bridgehead atoms. The average Bonchev–Trinajstić information content (AvgIpc) is 3.22. The molecule has 0 spiro atoms. The Bertz CT molecular complexity index is 1250. The van der Waals surface area contributed by atoms with Crippen molar-refractivity contribution in [1.82, 2.24) is 19.6 Å². The zero-order chi connectivity index (χ0) is 22.3. The normalized spacial score (nSPS) is 12.0. The number of benzene rings is 1. The Balaban J connectivity index is 1.92. The molecular weight excluding hydrogens is 428 g/mol. The van der Waals surface area contributed by atoms with Crippen LogP contribution in [-0.2, 0) is 21.9 Å². The number of hydrogen-bond acceptors (Lipinski definition) is 7. The quantitative estimate of drug-likeness (QED) is 0.573. The highest BCUT2D eigenvalue weighted by Crippen LogP contribution is 2.25. The Morgan fingerprint density at radius 3 is 2.37 bits per heavy atom. The van der Waals surface area contributed by atoms with E-state index < -0.39 is 21.0 Å². The number of anilines is 2. The summed E-state index contributed by atoms with van der Waals surface area (Å²) in [5.74, 6) is -0.319. The fourth-order valence-electron chi connectivity index (χ4n) is 2.52. The number of amides is 1. The van der Waals surface area contributed by atoms with Crippen molar-refractivity contribution in [3.05, 3.63) is 46.4 Å². The number of carbonyl (C=O) groups is 1. The van der Waals surface area contributed by atoms with Gasteiger partial charge in [-0.25, -0.2) is 4.68 Å². The van der Waals surface area contributed by atoms with Gasteiger partial charge in [0.2, 0.25) is 11.0 Å². The highest BCUT2D eigenvalue weighted by molar-refractivity contribution is 7.94. The second-order valence-electron chi connectivity index (χ2n) is 7.62. The second kappa shape index (κ2) is 7.69. The zero-order valence-corrected chi connectivity index (χ0v) is 18.8. The van der Waals surface area contributed by atoms with Crippen molar-refractivity contribution in [2.24, 2.45) is 12.5 Å². The monoisotopic (exact) mass is 450 g/mol. The van der Waals surface area contributed by atoms with Gasteiger partial charge in [0.05, 0.1) is 11.4 Å². The van der Waals surface area contributed by atoms with Gasteiger partial charge in [-0.15, -0.1) is 10.2 Å². The van der Waals surface area contributed by atoms with Crippen molar-refractivity contribution in [3.8, 4) is 5.69 Å². The third-order valence-electron chi connectivity index (χ3n) is 4.33. The first kappa shape index (κ1) is 21.7. The lowest BCUT2D eigenvalue weighted by Crippen LogP contribution is -2.27. The molecule has 30 heavy (non-hydrogen) atoms. The van der Waals surface area contributed by atoms with E-state index in [0.29, 0.717) is 22.7 Å². The molecule has 0 aliphatic carbocycles. The topological polar surface area (TPSA) is 128 Å². The van der Waals surface area contributed by atoms with Crippen LogP contribution in [0.1, 0.15) is 26.5 Å². The van der Waals surface area contributed by atoms with Gasteiger partial charge in [-0.2, -0.15) is 8.42 Å². The summed E-state index contributed by atoms with van der Waals surface area (Å²) in [6.07, 6.45) is 0. The smallest absolute Gasteiger partial charge is 0.296 e. The fourth-order valence-corrected chi connectivity index (χ4v) is 4.53. The maximum atomic E-state index is 12.9. The summed E-state index contributed by atoms with van der Waals surface area (Å²) < 4.78 is 30.4. The van der Waals surface area contributed by atoms with E-state index in [-0.39, 0.29) is 21.1 Å². The van der Waals surface area contributed by atoms with E-state index in [2.05, 4.69) is 20.2 Å². The number of hydrogen-bond donors (Lipinski definition) is 2. The minimum atomic E-state index is -4.18. The first-order valence-electron chi connectivity index (χ1n) is 8.93. The number of aromatic nitrogens is 4. The van der Waals surface area contributed by atoms with Crippen molar-refractivity contribution in [2.45, 2.75) is 32.0 Å². The summed E-state index contributed by atoms with van der Waals surface area (Å²) >= 11 is 0.702. The molecule has 1 amide bonds. The van der Waals surface area contributed by atoms with Gasteiger partial charge in [0, 0.05) is 12.5 Å². The lowest BCUT2D eigenvalue weighted by atomic mass is 9.96. The van der Waals surface area contributed by atoms with Crippen molar-refractivity contribution in [2.75, 3.05) is 10.0 Å². The lowest BCUT2D eigenvalue weighted by molar-refractivity contribution is -0.123. The van der Waals surface area contributed by atoms with Crippen molar-refractivity contribution >= 4 is 38.1 Å². The number of rotatable bonds is 5. The van der Waals surface area contributed by atoms with Crippen LogP contribution in [0, 0.1) is 12.3 Å². The van der Waals surface area contributed by atoms with E-state index in [0.717, 1.165) is 0 Å². The molecular formula is C18H22N6O4S2. The highest BCUT2D eigenvalue weighted by atomic mass is 32.2. The first-order chi connectivity index (χ1) is 13.9. The molecule has 0 aliphatic heterocycles. The second-order valence-corrected chi connectivity index (χ2v) is 10.5. The van der Waals surface area contributed by atoms with Crippen molar-refractivity contribution in [3.63, 3.8) is 0 Å². The molecule has 0 atom stereocenters. The molecule has 160 valence electrons. The molecule has 0 saturated heterocycles. The van der Waals surface area contributed by atoms with E-state index in [4.69, 9.17) is 0 Å². The number of nitrogens with zero attached hydrogens (tertiary/aromatic N) is 4. The predicted molar refractivity (Wildman–Crippen MR) is 115 cm³/mol. The summed E-state index contributed by atoms with van der Waals surface area (Å²) in [6.45, 7) is 6.79. The van der Waals surface area contributed by atoms with Crippen LogP contribution in [0.25, 0.3) is 5.69 Å². The van der Waals surface area contributed by atoms with Crippen LogP contribution in [0.15, 0.2) is 39.5 Å². The molecule has 0 radical (unpaired) electrons. The highest BCUT2D eigenvalue weighted by Gasteiger charge is 2.27. The van der Waals surface area contributed by atoms with Crippen LogP contribution in [0.4, 0.5) is 10.8 Å². The predicted octanol–water partition coefficient (Wildman–Crippen LogP) is 2.12. The van der Waals surface area contributed by atoms with Crippen LogP contribution in [0.2, 0.25) is 0 Å². The Morgan fingerprint density at radius 2 is 1.77 bits per heavy atom. The SMILES string of the molecule is Cc1c(NS(=O)(=O)c2nnc(NC(=O)C(C)(C)C)s2)c(=O)n(-c2ccccc2)n1C. The van der Waals surface area contributed by atoms with Gasteiger partial charge in [-0.05, 0) is 19.1 Å². The Kier molecular flexibility index (Phi) is 5.56. The number of nitrogens with one attached hydrogen (secondary N) is 2. The van der Waals surface area contributed by atoms with Gasteiger partial charge in [0.15, 0.2) is 0 Å². The Labute approximate surface area is 177 Å². The van der Waals surface area contributed by atoms with E-state index in [9.17, 15) is 18.0 Å². The fraction of sp³-hybridized carbons (Fsp3) is 0.333. The molecule has 3 aromatic rings. The Morgan fingerprint density at radius 1 is 1.13 bits per heavy atom. The molecule has 10 nitrogen and oxygen atoms in total. The van der Waals surface area contributed by atoms with Gasteiger partial charge in [-0.1, -0.05) is 50.3 Å². The Hall–Kier alpha value is -2.99. The summed E-state index contributed by atoms with van der Waals surface area (Å²) in [6, 6.07) is 8.87. The van der Waals surface area contributed by atoms with E-state index in [1.54, 1.807) is 63.7 Å². The molecule has 2 aromatic heterocycles. The van der Waals surface area contributed by atoms with Crippen LogP contribution in [-0.4, -0.2) is 33.9 Å². The molecule has 12 heteroatoms. The number of para-hydroxylation sites is 1. The molecule has 0 fully saturated rings. The van der Waals surface area contributed by atoms with Crippen LogP contribution < -0.4 is 15.6 Å². The largest absolute Gasteiger partial charge is 0.300 e. The van der Waals surface area contributed by atoms with Crippen molar-refractivity contribution in [1.29, 1.82) is 0 Å². The van der Waals surface area contributed by atoms with Gasteiger partial charge >= 0.3 is 0 Å². The molecule has 0 unspecified atom stereocenters. The van der Waals surface area contributed by atoms with Crippen LogP contribution in [0.5, 0.6) is 0 Å². The minimum absolute atomic E-state index is 0.0572. The maximum absolute atomic E-state index is 12.9. The average molecular weight is 451 g/mol. The molecule has 0 aliphatic rings. The standard InChI is InChI=1S/C18H22N6O4S2/c1-11-13(14(25)24(23(11)5)12-9-7-6-8-10-12)22-30(27,28)17-21-20-16(29-17)19-15(26)18(2,3)4/h6-10,22H,1-5H3,(H,19,20,26). The molecule has 1 aromatic carbocycles. The van der Waals surface area contributed by atoms with Gasteiger partial charge in [0.25, 0.3) is 19.9 Å². The molecule has 2 N–H and O–H groups in total. The van der Waals surface area contributed by atoms with Gasteiger partial charge in [0.1, 0.15) is 5.69 Å². The lowest BCUT2D eigenvalue weighted by Gasteiger charge is -2.15. The van der Waals surface area contributed by atoms with E-state index in [1.807, 2.05) is 6.07 Å². The summed E-state index contributed by atoms with van der Waals surface area (Å²) in [4.78, 5) is 25.0. The van der Waals surface area contributed by atoms with Gasteiger partial charge in [-0.3, -0.25) is 19.0 Å². The van der Waals surface area contributed by atoms with Crippen molar-refractivity contribution < 1.29 is 13.2 Å². The van der Waals surface area contributed by atoms with E-state index >= 15 is 0 Å². The third kappa shape index (κ3) is 4.14. The van der Waals surface area contributed by atoms with Crippen LogP contribution >= 0.6 is 11.3 Å². The molecule has 3 rings (SSSR count). The summed E-state index contributed by atoms with van der Waals surface area (Å²) in [7, 11) is -2.52. The minimum Gasteiger partial charge on any atom is -0.300 e. The molecule has 0 saturated carbocycles. The summed E-state index contributed by atoms with van der Waals surface area (Å²) in [5, 5.41) is 9.97. The van der Waals surface area contributed by atoms with Crippen LogP contribution in [0.3, 0.4) is 0 Å². The molecule has 2 heterocycles. The number of sulfonamides is 1. The first-order valence-corrected chi connectivity index (χ1v) is 11.2.